The lowest BCUT2D eigenvalue weighted by Crippen LogP contribution is -2.31. The van der Waals surface area contributed by atoms with Crippen molar-refractivity contribution in [2.24, 2.45) is 0 Å². The molecule has 2 aromatic rings. The number of rotatable bonds is 7. The number of methoxy groups -OCH3 is 2. The summed E-state index contributed by atoms with van der Waals surface area (Å²) in [6, 6.07) is 15.9. The van der Waals surface area contributed by atoms with E-state index < -0.39 is 0 Å². The Bertz CT molecular complexity index is 748. The fourth-order valence-corrected chi connectivity index (χ4v) is 2.76. The van der Waals surface area contributed by atoms with Crippen molar-refractivity contribution in [1.29, 1.82) is 0 Å². The summed E-state index contributed by atoms with van der Waals surface area (Å²) in [5, 5.41) is 0. The van der Waals surface area contributed by atoms with Crippen LogP contribution < -0.4 is 9.47 Å². The Hall–Kier alpha value is -2.75. The van der Waals surface area contributed by atoms with Crippen molar-refractivity contribution in [3.63, 3.8) is 0 Å². The molecule has 1 aliphatic rings. The molecule has 0 N–H and O–H groups in total. The maximum Gasteiger partial charge on any atom is 0.247 e. The topological polar surface area (TPSA) is 38.8 Å². The van der Waals surface area contributed by atoms with Gasteiger partial charge in [0.25, 0.3) is 0 Å². The van der Waals surface area contributed by atoms with Gasteiger partial charge in [0.2, 0.25) is 5.91 Å². The average molecular weight is 337 g/mol. The van der Waals surface area contributed by atoms with Crippen LogP contribution in [0.3, 0.4) is 0 Å². The van der Waals surface area contributed by atoms with Gasteiger partial charge in [0.1, 0.15) is 11.5 Å². The van der Waals surface area contributed by atoms with E-state index in [1.165, 1.54) is 0 Å². The summed E-state index contributed by atoms with van der Waals surface area (Å²) in [5.41, 5.74) is 2.00. The molecule has 4 heteroatoms. The van der Waals surface area contributed by atoms with Crippen molar-refractivity contribution in [3.8, 4) is 11.5 Å². The second kappa shape index (κ2) is 7.88. The minimum absolute atomic E-state index is 0.0317. The maximum absolute atomic E-state index is 12.7. The van der Waals surface area contributed by atoms with Crippen LogP contribution in [0.25, 0.3) is 6.08 Å². The quantitative estimate of drug-likeness (QED) is 0.719. The van der Waals surface area contributed by atoms with Crippen LogP contribution in [0.5, 0.6) is 11.5 Å². The van der Waals surface area contributed by atoms with Crippen molar-refractivity contribution in [2.75, 3.05) is 14.2 Å². The first-order chi connectivity index (χ1) is 12.2. The number of hydrogen-bond donors (Lipinski definition) is 0. The fraction of sp³-hybridized carbons (Fsp3) is 0.286. The summed E-state index contributed by atoms with van der Waals surface area (Å²) in [5.74, 6) is 1.62. The Labute approximate surface area is 148 Å². The highest BCUT2D eigenvalue weighted by Gasteiger charge is 2.31. The van der Waals surface area contributed by atoms with Gasteiger partial charge in [0, 0.05) is 24.2 Å². The van der Waals surface area contributed by atoms with Gasteiger partial charge in [-0.1, -0.05) is 30.3 Å². The molecule has 130 valence electrons. The highest BCUT2D eigenvalue weighted by molar-refractivity contribution is 5.92. The molecule has 0 bridgehead atoms. The molecular formula is C21H23NO3. The number of benzene rings is 2. The van der Waals surface area contributed by atoms with E-state index in [2.05, 4.69) is 0 Å². The first kappa shape index (κ1) is 17.1. The van der Waals surface area contributed by atoms with Gasteiger partial charge in [-0.05, 0) is 42.7 Å². The molecule has 0 spiro atoms. The molecule has 0 unspecified atom stereocenters. The molecule has 0 aromatic heterocycles. The largest absolute Gasteiger partial charge is 0.497 e. The predicted molar refractivity (Wildman–Crippen MR) is 98.6 cm³/mol. The third-order valence-electron chi connectivity index (χ3n) is 4.33. The molecule has 2 aromatic carbocycles. The lowest BCUT2D eigenvalue weighted by molar-refractivity contribution is -0.127. The normalized spacial score (nSPS) is 13.7. The number of ether oxygens (including phenoxy) is 2. The third kappa shape index (κ3) is 4.41. The summed E-state index contributed by atoms with van der Waals surface area (Å²) < 4.78 is 10.5. The van der Waals surface area contributed by atoms with Gasteiger partial charge >= 0.3 is 0 Å². The van der Waals surface area contributed by atoms with Crippen LogP contribution in [-0.2, 0) is 11.3 Å². The lowest BCUT2D eigenvalue weighted by Gasteiger charge is -2.21. The Balaban J connectivity index is 1.71. The van der Waals surface area contributed by atoms with Crippen LogP contribution in [0, 0.1) is 0 Å². The zero-order valence-electron chi connectivity index (χ0n) is 14.6. The van der Waals surface area contributed by atoms with Gasteiger partial charge in [-0.3, -0.25) is 4.79 Å². The molecule has 1 fully saturated rings. The highest BCUT2D eigenvalue weighted by Crippen LogP contribution is 2.29. The van der Waals surface area contributed by atoms with Crippen molar-refractivity contribution in [2.45, 2.75) is 25.4 Å². The number of nitrogens with zero attached hydrogens (tertiary/aromatic N) is 1. The van der Waals surface area contributed by atoms with Gasteiger partial charge in [0.15, 0.2) is 0 Å². The van der Waals surface area contributed by atoms with Crippen LogP contribution >= 0.6 is 0 Å². The second-order valence-electron chi connectivity index (χ2n) is 6.12. The van der Waals surface area contributed by atoms with Gasteiger partial charge < -0.3 is 14.4 Å². The molecule has 25 heavy (non-hydrogen) atoms. The number of amides is 1. The SMILES string of the molecule is COc1ccc(CN(C(=O)C=Cc2ccccc2OC)C2CC2)cc1. The van der Waals surface area contributed by atoms with Gasteiger partial charge in [-0.25, -0.2) is 0 Å². The van der Waals surface area contributed by atoms with E-state index in [1.54, 1.807) is 20.3 Å². The molecule has 4 nitrogen and oxygen atoms in total. The molecule has 1 amide bonds. The number of hydrogen-bond acceptors (Lipinski definition) is 3. The number of carbonyl (C=O) groups is 1. The van der Waals surface area contributed by atoms with Crippen molar-refractivity contribution in [1.82, 2.24) is 4.90 Å². The van der Waals surface area contributed by atoms with Crippen LogP contribution in [0.4, 0.5) is 0 Å². The smallest absolute Gasteiger partial charge is 0.247 e. The zero-order chi connectivity index (χ0) is 17.6. The summed E-state index contributed by atoms with van der Waals surface area (Å²) >= 11 is 0. The summed E-state index contributed by atoms with van der Waals surface area (Å²) in [6.07, 6.45) is 5.61. The standard InChI is InChI=1S/C21H23NO3/c1-24-19-12-7-16(8-13-19)15-22(18-10-11-18)21(23)14-9-17-5-3-4-6-20(17)25-2/h3-9,12-14,18H,10-11,15H2,1-2H3. The lowest BCUT2D eigenvalue weighted by atomic mass is 10.1. The van der Waals surface area contributed by atoms with Gasteiger partial charge in [-0.15, -0.1) is 0 Å². The van der Waals surface area contributed by atoms with Crippen LogP contribution in [0.2, 0.25) is 0 Å². The van der Waals surface area contributed by atoms with E-state index in [0.717, 1.165) is 35.5 Å². The van der Waals surface area contributed by atoms with Crippen LogP contribution in [0.15, 0.2) is 54.6 Å². The molecule has 1 saturated carbocycles. The van der Waals surface area contributed by atoms with Gasteiger partial charge in [-0.2, -0.15) is 0 Å². The molecule has 1 aliphatic carbocycles. The molecule has 0 atom stereocenters. The number of carbonyl (C=O) groups excluding carboxylic acids is 1. The molecular weight excluding hydrogens is 314 g/mol. The summed E-state index contributed by atoms with van der Waals surface area (Å²) in [7, 11) is 3.28. The molecule has 0 aliphatic heterocycles. The maximum atomic E-state index is 12.7. The summed E-state index contributed by atoms with van der Waals surface area (Å²) in [6.45, 7) is 0.615. The van der Waals surface area contributed by atoms with Crippen molar-refractivity contribution >= 4 is 12.0 Å². The number of para-hydroxylation sites is 1. The van der Waals surface area contributed by atoms with Crippen molar-refractivity contribution < 1.29 is 14.3 Å². The van der Waals surface area contributed by atoms with Crippen LogP contribution in [0.1, 0.15) is 24.0 Å². The van der Waals surface area contributed by atoms with Crippen LogP contribution in [-0.4, -0.2) is 31.1 Å². The van der Waals surface area contributed by atoms with Crippen molar-refractivity contribution in [3.05, 3.63) is 65.7 Å². The Morgan fingerprint density at radius 3 is 2.44 bits per heavy atom. The zero-order valence-corrected chi connectivity index (χ0v) is 14.6. The van der Waals surface area contributed by atoms with E-state index in [0.29, 0.717) is 12.6 Å². The van der Waals surface area contributed by atoms with E-state index in [1.807, 2.05) is 59.5 Å². The predicted octanol–water partition coefficient (Wildman–Crippen LogP) is 3.91. The molecule has 3 rings (SSSR count). The third-order valence-corrected chi connectivity index (χ3v) is 4.33. The van der Waals surface area contributed by atoms with E-state index >= 15 is 0 Å². The molecule has 0 heterocycles. The first-order valence-corrected chi connectivity index (χ1v) is 8.46. The second-order valence-corrected chi connectivity index (χ2v) is 6.12. The Morgan fingerprint density at radius 1 is 1.08 bits per heavy atom. The molecule has 0 saturated heterocycles. The first-order valence-electron chi connectivity index (χ1n) is 8.46. The minimum atomic E-state index is 0.0317. The minimum Gasteiger partial charge on any atom is -0.497 e. The average Bonchev–Trinajstić information content (AvgIpc) is 3.50. The monoisotopic (exact) mass is 337 g/mol. The summed E-state index contributed by atoms with van der Waals surface area (Å²) in [4.78, 5) is 14.6. The fourth-order valence-electron chi connectivity index (χ4n) is 2.76. The Morgan fingerprint density at radius 2 is 1.80 bits per heavy atom. The Kier molecular flexibility index (Phi) is 5.39. The van der Waals surface area contributed by atoms with E-state index in [9.17, 15) is 4.79 Å². The van der Waals surface area contributed by atoms with E-state index in [-0.39, 0.29) is 5.91 Å². The highest BCUT2D eigenvalue weighted by atomic mass is 16.5. The van der Waals surface area contributed by atoms with Gasteiger partial charge in [0.05, 0.1) is 14.2 Å². The molecule has 0 radical (unpaired) electrons. The van der Waals surface area contributed by atoms with E-state index in [4.69, 9.17) is 9.47 Å².